The molecule has 0 aliphatic rings. The number of rotatable bonds is 5. The topological polar surface area (TPSA) is 94.8 Å². The second-order valence-corrected chi connectivity index (χ2v) is 3.45. The van der Waals surface area contributed by atoms with Crippen molar-refractivity contribution in [1.82, 2.24) is 0 Å². The van der Waals surface area contributed by atoms with Crippen LogP contribution in [0.5, 0.6) is 5.75 Å². The Labute approximate surface area is 92.0 Å². The van der Waals surface area contributed by atoms with Gasteiger partial charge in [-0.1, -0.05) is 18.2 Å². The van der Waals surface area contributed by atoms with E-state index in [0.717, 1.165) is 0 Å². The minimum absolute atomic E-state index is 0.0741. The molecular weight excluding hydrogens is 212 g/mol. The van der Waals surface area contributed by atoms with E-state index in [-0.39, 0.29) is 18.6 Å². The minimum atomic E-state index is -1.09. The molecule has 16 heavy (non-hydrogen) atoms. The van der Waals surface area contributed by atoms with Crippen LogP contribution in [0.4, 0.5) is 0 Å². The van der Waals surface area contributed by atoms with Gasteiger partial charge in [0.15, 0.2) is 0 Å². The highest BCUT2D eigenvalue weighted by Crippen LogP contribution is 2.30. The van der Waals surface area contributed by atoms with Crippen molar-refractivity contribution in [2.75, 3.05) is 0 Å². The Hall–Kier alpha value is -2.04. The molecule has 0 saturated heterocycles. The van der Waals surface area contributed by atoms with E-state index in [4.69, 9.17) is 10.2 Å². The first-order valence-electron chi connectivity index (χ1n) is 4.72. The summed E-state index contributed by atoms with van der Waals surface area (Å²) in [7, 11) is 0. The summed E-state index contributed by atoms with van der Waals surface area (Å²) in [6.07, 6.45) is -0.631. The number of benzene rings is 1. The summed E-state index contributed by atoms with van der Waals surface area (Å²) in [6, 6.07) is 6.17. The van der Waals surface area contributed by atoms with E-state index in [1.807, 2.05) is 0 Å². The number of hydrogen-bond acceptors (Lipinski definition) is 3. The van der Waals surface area contributed by atoms with Gasteiger partial charge in [-0.2, -0.15) is 0 Å². The predicted octanol–water partition coefficient (Wildman–Crippen LogP) is 1.43. The van der Waals surface area contributed by atoms with E-state index in [1.54, 1.807) is 12.1 Å². The summed E-state index contributed by atoms with van der Waals surface area (Å²) < 4.78 is 0. The summed E-state index contributed by atoms with van der Waals surface area (Å²) in [4.78, 5) is 21.2. The Bertz CT molecular complexity index is 383. The fourth-order valence-electron chi connectivity index (χ4n) is 1.55. The second kappa shape index (κ2) is 5.16. The lowest BCUT2D eigenvalue weighted by molar-refractivity contribution is -0.139. The van der Waals surface area contributed by atoms with Crippen molar-refractivity contribution in [3.8, 4) is 5.75 Å². The van der Waals surface area contributed by atoms with Crippen LogP contribution >= 0.6 is 0 Å². The van der Waals surface area contributed by atoms with Crippen molar-refractivity contribution >= 4 is 11.9 Å². The molecular formula is C11H12O5. The van der Waals surface area contributed by atoms with Gasteiger partial charge in [0.25, 0.3) is 0 Å². The molecule has 0 saturated carbocycles. The van der Waals surface area contributed by atoms with Crippen LogP contribution in [0, 0.1) is 0 Å². The molecule has 1 rings (SSSR count). The largest absolute Gasteiger partial charge is 0.508 e. The molecule has 86 valence electrons. The lowest BCUT2D eigenvalue weighted by Crippen LogP contribution is -2.11. The van der Waals surface area contributed by atoms with Gasteiger partial charge < -0.3 is 15.3 Å². The third-order valence-electron chi connectivity index (χ3n) is 2.22. The van der Waals surface area contributed by atoms with Crippen molar-refractivity contribution < 1.29 is 24.9 Å². The molecule has 0 unspecified atom stereocenters. The molecule has 0 bridgehead atoms. The summed E-state index contributed by atoms with van der Waals surface area (Å²) in [5.74, 6) is -2.96. The highest BCUT2D eigenvalue weighted by Gasteiger charge is 2.21. The zero-order valence-corrected chi connectivity index (χ0v) is 8.46. The molecule has 0 fully saturated rings. The summed E-state index contributed by atoms with van der Waals surface area (Å²) in [6.45, 7) is 0. The monoisotopic (exact) mass is 224 g/mol. The first kappa shape index (κ1) is 12.0. The van der Waals surface area contributed by atoms with Crippen molar-refractivity contribution in [3.05, 3.63) is 29.8 Å². The molecule has 0 aliphatic carbocycles. The van der Waals surface area contributed by atoms with E-state index < -0.39 is 17.9 Å². The van der Waals surface area contributed by atoms with Crippen molar-refractivity contribution in [2.24, 2.45) is 0 Å². The molecule has 0 heterocycles. The smallest absolute Gasteiger partial charge is 0.303 e. The Morgan fingerprint density at radius 1 is 1.06 bits per heavy atom. The SMILES string of the molecule is O=C(O)CC(CC(=O)O)c1ccccc1O. The Morgan fingerprint density at radius 2 is 1.56 bits per heavy atom. The van der Waals surface area contributed by atoms with Crippen LogP contribution in [0.25, 0.3) is 0 Å². The van der Waals surface area contributed by atoms with Gasteiger partial charge in [0.1, 0.15) is 5.75 Å². The van der Waals surface area contributed by atoms with Crippen LogP contribution in [-0.2, 0) is 9.59 Å². The standard InChI is InChI=1S/C11H12O5/c12-9-4-2-1-3-8(9)7(5-10(13)14)6-11(15)16/h1-4,7,12H,5-6H2,(H,13,14)(H,15,16). The molecule has 0 radical (unpaired) electrons. The van der Waals surface area contributed by atoms with Crippen LogP contribution in [0.1, 0.15) is 24.3 Å². The number of carboxylic acid groups (broad SMARTS) is 2. The number of carboxylic acids is 2. The number of phenols is 1. The molecule has 0 aromatic heterocycles. The Balaban J connectivity index is 2.96. The third-order valence-corrected chi connectivity index (χ3v) is 2.22. The first-order chi connectivity index (χ1) is 7.50. The van der Waals surface area contributed by atoms with Gasteiger partial charge >= 0.3 is 11.9 Å². The van der Waals surface area contributed by atoms with Gasteiger partial charge in [0.05, 0.1) is 12.8 Å². The van der Waals surface area contributed by atoms with E-state index >= 15 is 0 Å². The van der Waals surface area contributed by atoms with Gasteiger partial charge in [-0.25, -0.2) is 0 Å². The molecule has 0 aliphatic heterocycles. The van der Waals surface area contributed by atoms with Crippen molar-refractivity contribution in [2.45, 2.75) is 18.8 Å². The maximum Gasteiger partial charge on any atom is 0.303 e. The van der Waals surface area contributed by atoms with E-state index in [1.165, 1.54) is 12.1 Å². The van der Waals surface area contributed by atoms with E-state index in [0.29, 0.717) is 5.56 Å². The Kier molecular flexibility index (Phi) is 3.88. The minimum Gasteiger partial charge on any atom is -0.508 e. The normalized spacial score (nSPS) is 10.3. The molecule has 5 nitrogen and oxygen atoms in total. The number of phenolic OH excluding ortho intramolecular Hbond substituents is 1. The zero-order chi connectivity index (χ0) is 12.1. The van der Waals surface area contributed by atoms with Gasteiger partial charge in [-0.15, -0.1) is 0 Å². The van der Waals surface area contributed by atoms with Crippen LogP contribution < -0.4 is 0 Å². The molecule has 0 atom stereocenters. The number of hydrogen-bond donors (Lipinski definition) is 3. The molecule has 1 aromatic carbocycles. The fourth-order valence-corrected chi connectivity index (χ4v) is 1.55. The molecule has 0 spiro atoms. The lowest BCUT2D eigenvalue weighted by Gasteiger charge is -2.14. The summed E-state index contributed by atoms with van der Waals surface area (Å²) in [5.41, 5.74) is 0.354. The van der Waals surface area contributed by atoms with Crippen molar-refractivity contribution in [3.63, 3.8) is 0 Å². The summed E-state index contributed by atoms with van der Waals surface area (Å²) >= 11 is 0. The van der Waals surface area contributed by atoms with Crippen LogP contribution in [0.2, 0.25) is 0 Å². The maximum absolute atomic E-state index is 10.6. The molecule has 1 aromatic rings. The van der Waals surface area contributed by atoms with Crippen LogP contribution in [-0.4, -0.2) is 27.3 Å². The molecule has 0 amide bonds. The van der Waals surface area contributed by atoms with Crippen LogP contribution in [0.15, 0.2) is 24.3 Å². The highest BCUT2D eigenvalue weighted by molar-refractivity contribution is 5.72. The third kappa shape index (κ3) is 3.27. The zero-order valence-electron chi connectivity index (χ0n) is 8.46. The maximum atomic E-state index is 10.6. The highest BCUT2D eigenvalue weighted by atomic mass is 16.4. The van der Waals surface area contributed by atoms with Gasteiger partial charge in [-0.05, 0) is 11.6 Å². The number of aromatic hydroxyl groups is 1. The lowest BCUT2D eigenvalue weighted by atomic mass is 9.92. The fraction of sp³-hybridized carbons (Fsp3) is 0.273. The summed E-state index contributed by atoms with van der Waals surface area (Å²) in [5, 5.41) is 26.9. The average molecular weight is 224 g/mol. The molecule has 3 N–H and O–H groups in total. The van der Waals surface area contributed by atoms with E-state index in [9.17, 15) is 14.7 Å². The quantitative estimate of drug-likeness (QED) is 0.703. The van der Waals surface area contributed by atoms with Crippen LogP contribution in [0.3, 0.4) is 0 Å². The second-order valence-electron chi connectivity index (χ2n) is 3.45. The number of aliphatic carboxylic acids is 2. The van der Waals surface area contributed by atoms with Gasteiger partial charge in [0, 0.05) is 5.92 Å². The first-order valence-corrected chi connectivity index (χ1v) is 4.72. The van der Waals surface area contributed by atoms with E-state index in [2.05, 4.69) is 0 Å². The number of para-hydroxylation sites is 1. The van der Waals surface area contributed by atoms with Crippen molar-refractivity contribution in [1.29, 1.82) is 0 Å². The Morgan fingerprint density at radius 3 is 2.00 bits per heavy atom. The predicted molar refractivity (Wildman–Crippen MR) is 55.4 cm³/mol. The molecule has 5 heteroatoms. The average Bonchev–Trinajstić information content (AvgIpc) is 2.15. The number of carbonyl (C=O) groups is 2. The van der Waals surface area contributed by atoms with Gasteiger partial charge in [-0.3, -0.25) is 9.59 Å². The van der Waals surface area contributed by atoms with Gasteiger partial charge in [0.2, 0.25) is 0 Å².